The van der Waals surface area contributed by atoms with Gasteiger partial charge in [-0.2, -0.15) is 0 Å². The lowest BCUT2D eigenvalue weighted by Gasteiger charge is -2.39. The quantitative estimate of drug-likeness (QED) is 0.655. The topological polar surface area (TPSA) is 57.5 Å². The third kappa shape index (κ3) is 1.10. The van der Waals surface area contributed by atoms with Crippen LogP contribution in [0.4, 0.5) is 0 Å². The van der Waals surface area contributed by atoms with Gasteiger partial charge in [0, 0.05) is 30.1 Å². The third-order valence-corrected chi connectivity index (χ3v) is 3.92. The minimum atomic E-state index is -3.20. The van der Waals surface area contributed by atoms with Crippen LogP contribution in [-0.4, -0.2) is 27.7 Å². The second-order valence-corrected chi connectivity index (χ2v) is 5.25. The second-order valence-electron chi connectivity index (χ2n) is 5.25. The van der Waals surface area contributed by atoms with Gasteiger partial charge in [-0.15, -0.1) is 0 Å². The van der Waals surface area contributed by atoms with Crippen molar-refractivity contribution in [2.45, 2.75) is 52.0 Å². The maximum atomic E-state index is 13.2. The normalized spacial score (nSPS) is 64.6. The van der Waals surface area contributed by atoms with Gasteiger partial charge in [0.2, 0.25) is 0 Å². The molecule has 3 heteroatoms. The Balaban J connectivity index is 2.54. The van der Waals surface area contributed by atoms with E-state index < -0.39 is 84.5 Å². The lowest BCUT2D eigenvalue weighted by atomic mass is 10.0. The van der Waals surface area contributed by atoms with Gasteiger partial charge >= 0.3 is 0 Å². The number of fused-ring (bicyclic) bond motifs is 1. The van der Waals surface area contributed by atoms with E-state index in [0.717, 1.165) is 6.92 Å². The van der Waals surface area contributed by atoms with E-state index in [4.69, 9.17) is 15.1 Å². The number of aliphatic hydroxyl groups excluding tert-OH is 1. The Hall–Kier alpha value is -0.930. The fraction of sp³-hybridized carbons (Fsp3) is 0.667. The lowest BCUT2D eigenvalue weighted by molar-refractivity contribution is -0.138. The van der Waals surface area contributed by atoms with Crippen LogP contribution in [0.15, 0.2) is 22.8 Å². The number of rotatable bonds is 0. The van der Waals surface area contributed by atoms with Crippen molar-refractivity contribution in [2.24, 2.45) is 10.8 Å². The molecule has 3 rings (SSSR count). The van der Waals surface area contributed by atoms with Crippen molar-refractivity contribution >= 4 is 5.78 Å². The smallest absolute Gasteiger partial charge is 0.195 e. The van der Waals surface area contributed by atoms with Crippen LogP contribution in [0.3, 0.4) is 0 Å². The van der Waals surface area contributed by atoms with E-state index >= 15 is 0 Å². The number of carbonyl (C=O) groups excluding carboxylic acids is 1. The summed E-state index contributed by atoms with van der Waals surface area (Å²) in [4.78, 5) is 13.2. The molecule has 0 bridgehead atoms. The lowest BCUT2D eigenvalue weighted by Crippen LogP contribution is -2.49. The minimum Gasteiger partial charge on any atom is -0.388 e. The number of aliphatic hydroxyl groups is 2. The van der Waals surface area contributed by atoms with Crippen molar-refractivity contribution in [2.75, 3.05) is 0 Å². The molecule has 4 unspecified atom stereocenters. The molecule has 18 heavy (non-hydrogen) atoms. The summed E-state index contributed by atoms with van der Waals surface area (Å²) >= 11 is 0. The summed E-state index contributed by atoms with van der Waals surface area (Å²) in [5.41, 5.74) is -10.5. The Kier molecular flexibility index (Phi) is 0.804. The molecule has 1 saturated carbocycles. The first-order valence-corrected chi connectivity index (χ1v) is 5.51. The van der Waals surface area contributed by atoms with Gasteiger partial charge in [0.25, 0.3) is 0 Å². The van der Waals surface area contributed by atoms with Crippen molar-refractivity contribution in [1.82, 2.24) is 0 Å². The average Bonchev–Trinajstić information content (AvgIpc) is 3.03. The van der Waals surface area contributed by atoms with E-state index in [1.165, 1.54) is 0 Å². The Morgan fingerprint density at radius 3 is 2.89 bits per heavy atom. The molecule has 1 fully saturated rings. The third-order valence-electron chi connectivity index (χ3n) is 3.92. The summed E-state index contributed by atoms with van der Waals surface area (Å²) in [5, 5.41) is 22.0. The predicted octanol–water partition coefficient (Wildman–Crippen LogP) is 1.74. The number of carbonyl (C=O) groups is 1. The molecule has 98 valence electrons. The van der Waals surface area contributed by atoms with E-state index in [-0.39, 0.29) is 0 Å². The highest BCUT2D eigenvalue weighted by molar-refractivity contribution is 6.09. The Morgan fingerprint density at radius 1 is 1.67 bits per heavy atom. The monoisotopic (exact) mass is 264 g/mol. The molecule has 0 aromatic heterocycles. The van der Waals surface area contributed by atoms with Crippen LogP contribution < -0.4 is 0 Å². The SMILES string of the molecule is [2H]C1=[13C]2C(=O)[13C](O)(C([2H])[2H])C3([13CH2]C3([2H])[2H])[13C](C([2H])([2H])[2H])=C2C(O)[13C]1(C)C([2H])([2H])[2H]. The van der Waals surface area contributed by atoms with Gasteiger partial charge in [0.05, 0.1) is 7.47 Å². The van der Waals surface area contributed by atoms with E-state index in [2.05, 4.69) is 0 Å². The molecule has 3 aliphatic rings. The largest absolute Gasteiger partial charge is 0.388 e. The molecule has 0 heterocycles. The molecule has 0 saturated heterocycles. The molecule has 0 radical (unpaired) electrons. The first-order chi connectivity index (χ1) is 12.7. The fourth-order valence-corrected chi connectivity index (χ4v) is 2.60. The first-order valence-electron chi connectivity index (χ1n) is 11.2. The van der Waals surface area contributed by atoms with Crippen molar-refractivity contribution in [3.05, 3.63) is 22.8 Å². The summed E-state index contributed by atoms with van der Waals surface area (Å²) in [7, 11) is 0. The van der Waals surface area contributed by atoms with Crippen LogP contribution in [0.1, 0.15) is 55.4 Å². The zero-order valence-corrected chi connectivity index (χ0v) is 9.66. The zero-order valence-electron chi connectivity index (χ0n) is 20.7. The van der Waals surface area contributed by atoms with Crippen molar-refractivity contribution in [1.29, 1.82) is 0 Å². The molecule has 0 aliphatic heterocycles. The fourth-order valence-electron chi connectivity index (χ4n) is 2.60. The molecular weight excluding hydrogens is 233 g/mol. The van der Waals surface area contributed by atoms with Gasteiger partial charge in [0.1, 0.15) is 5.60 Å². The van der Waals surface area contributed by atoms with E-state index in [1.807, 2.05) is 0 Å². The molecular formula is C15H20O3. The van der Waals surface area contributed by atoms with Crippen LogP contribution in [0.5, 0.6) is 0 Å². The van der Waals surface area contributed by atoms with Gasteiger partial charge in [-0.1, -0.05) is 25.4 Å². The van der Waals surface area contributed by atoms with Crippen molar-refractivity contribution < 1.29 is 30.1 Å². The van der Waals surface area contributed by atoms with Crippen molar-refractivity contribution in [3.63, 3.8) is 0 Å². The molecule has 1 spiro atoms. The average molecular weight is 264 g/mol. The molecule has 3 aliphatic carbocycles. The van der Waals surface area contributed by atoms with Crippen LogP contribution in [-0.2, 0) is 4.79 Å². The molecule has 0 aromatic carbocycles. The van der Waals surface area contributed by atoms with E-state index in [9.17, 15) is 15.0 Å². The Labute approximate surface area is 123 Å². The predicted molar refractivity (Wildman–Crippen MR) is 67.9 cm³/mol. The number of Topliss-reactive ketones (excluding diaryl/α,β-unsaturated/α-hetero) is 1. The number of ketones is 1. The van der Waals surface area contributed by atoms with Crippen LogP contribution in [0.2, 0.25) is 0 Å². The number of hydrogen-bond donors (Lipinski definition) is 2. The van der Waals surface area contributed by atoms with Crippen LogP contribution in [0.25, 0.3) is 0 Å². The van der Waals surface area contributed by atoms with Crippen molar-refractivity contribution in [3.8, 4) is 0 Å². The van der Waals surface area contributed by atoms with E-state index in [1.54, 1.807) is 0 Å². The van der Waals surface area contributed by atoms with Crippen LogP contribution in [0, 0.1) is 10.8 Å². The molecule has 0 amide bonds. The minimum absolute atomic E-state index is 0.703. The Bertz CT molecular complexity index is 868. The van der Waals surface area contributed by atoms with Gasteiger partial charge in [-0.3, -0.25) is 4.79 Å². The summed E-state index contributed by atoms with van der Waals surface area (Å²) in [6.07, 6.45) is -5.35. The molecule has 3 nitrogen and oxygen atoms in total. The first kappa shape index (κ1) is 4.88. The van der Waals surface area contributed by atoms with Gasteiger partial charge in [0.15, 0.2) is 5.78 Å². The second kappa shape index (κ2) is 2.97. The van der Waals surface area contributed by atoms with Crippen LogP contribution >= 0.6 is 0 Å². The maximum Gasteiger partial charge on any atom is 0.195 e. The van der Waals surface area contributed by atoms with Gasteiger partial charge in [-0.25, -0.2) is 0 Å². The molecule has 2 N–H and O–H groups in total. The van der Waals surface area contributed by atoms with Gasteiger partial charge < -0.3 is 10.2 Å². The van der Waals surface area contributed by atoms with E-state index in [0.29, 0.717) is 0 Å². The molecule has 0 aromatic rings. The summed E-state index contributed by atoms with van der Waals surface area (Å²) in [5.74, 6) is -1.48. The summed E-state index contributed by atoms with van der Waals surface area (Å²) in [6, 6.07) is -0.929. The standard InChI is InChI=1S/C15H20O3/c1-8-10-9(7-13(2,3)12(10)17)11(16)14(4,18)15(8)5-6-15/h7,12,17-18H,5-6H2,1-4H3/i1D3,2D3,4D2,5D2,6+1,7D,8+1,9+1,13+1,14+1. The highest BCUT2D eigenvalue weighted by atomic mass is 16.4. The highest BCUT2D eigenvalue weighted by Gasteiger charge is 2.66. The molecule has 4 atom stereocenters. The number of hydrogen-bond acceptors (Lipinski definition) is 3. The summed E-state index contributed by atoms with van der Waals surface area (Å²) < 4.78 is 86.8. The summed E-state index contributed by atoms with van der Waals surface area (Å²) in [6.45, 7) is -7.71. The van der Waals surface area contributed by atoms with Gasteiger partial charge in [-0.05, 0) is 32.1 Å². The maximum absolute atomic E-state index is 13.2. The Morgan fingerprint density at radius 2 is 2.39 bits per heavy atom. The highest BCUT2D eigenvalue weighted by Crippen LogP contribution is 2.65. The zero-order chi connectivity index (χ0) is 22.7.